The molecule has 4 nitrogen and oxygen atoms in total. The van der Waals surface area contributed by atoms with Crippen molar-refractivity contribution in [2.24, 2.45) is 5.73 Å². The first-order valence-corrected chi connectivity index (χ1v) is 4.93. The lowest BCUT2D eigenvalue weighted by atomic mass is 10.0. The van der Waals surface area contributed by atoms with Gasteiger partial charge in [0.1, 0.15) is 5.82 Å². The first kappa shape index (κ1) is 9.55. The summed E-state index contributed by atoms with van der Waals surface area (Å²) in [4.78, 5) is 8.25. The van der Waals surface area contributed by atoms with Crippen LogP contribution in [-0.2, 0) is 4.74 Å². The summed E-state index contributed by atoms with van der Waals surface area (Å²) in [5, 5.41) is 0. The van der Waals surface area contributed by atoms with Crippen LogP contribution in [0.2, 0.25) is 0 Å². The van der Waals surface area contributed by atoms with Crippen LogP contribution in [0.4, 0.5) is 0 Å². The average Bonchev–Trinajstić information content (AvgIpc) is 2.71. The fourth-order valence-electron chi connectivity index (χ4n) is 1.68. The van der Waals surface area contributed by atoms with Crippen LogP contribution in [0, 0.1) is 6.92 Å². The molecule has 1 aromatic rings. The fraction of sp³-hybridized carbons (Fsp3) is 0.600. The molecular formula is C10H15N3O. The Labute approximate surface area is 83.5 Å². The molecule has 14 heavy (non-hydrogen) atoms. The zero-order valence-corrected chi connectivity index (χ0v) is 8.31. The second-order valence-corrected chi connectivity index (χ2v) is 3.64. The van der Waals surface area contributed by atoms with Gasteiger partial charge in [-0.15, -0.1) is 0 Å². The molecule has 0 radical (unpaired) electrons. The van der Waals surface area contributed by atoms with Gasteiger partial charge >= 0.3 is 0 Å². The van der Waals surface area contributed by atoms with Gasteiger partial charge in [-0.05, 0) is 19.8 Å². The summed E-state index contributed by atoms with van der Waals surface area (Å²) in [6, 6.07) is -0.0851. The third-order valence-electron chi connectivity index (χ3n) is 2.55. The van der Waals surface area contributed by atoms with Crippen molar-refractivity contribution >= 4 is 0 Å². The molecule has 2 heterocycles. The van der Waals surface area contributed by atoms with Gasteiger partial charge in [0.2, 0.25) is 0 Å². The van der Waals surface area contributed by atoms with Crippen molar-refractivity contribution < 1.29 is 4.74 Å². The minimum atomic E-state index is -0.0851. The Kier molecular flexibility index (Phi) is 2.74. The van der Waals surface area contributed by atoms with Gasteiger partial charge in [0, 0.05) is 24.6 Å². The second kappa shape index (κ2) is 4.02. The van der Waals surface area contributed by atoms with Crippen LogP contribution >= 0.6 is 0 Å². The molecule has 1 aromatic heterocycles. The minimum Gasteiger partial charge on any atom is -0.376 e. The predicted octanol–water partition coefficient (Wildman–Crippen LogP) is 0.964. The molecule has 1 aliphatic heterocycles. The van der Waals surface area contributed by atoms with Crippen molar-refractivity contribution in [1.29, 1.82) is 0 Å². The van der Waals surface area contributed by atoms with Crippen molar-refractivity contribution in [1.82, 2.24) is 9.97 Å². The van der Waals surface area contributed by atoms with Gasteiger partial charge in [0.05, 0.1) is 12.1 Å². The number of ether oxygens (including phenoxy) is 1. The Morgan fingerprint density at radius 1 is 1.50 bits per heavy atom. The highest BCUT2D eigenvalue weighted by Crippen LogP contribution is 2.23. The van der Waals surface area contributed by atoms with E-state index in [2.05, 4.69) is 9.97 Å². The number of aromatic nitrogens is 2. The van der Waals surface area contributed by atoms with Crippen molar-refractivity contribution in [3.8, 4) is 0 Å². The molecule has 2 N–H and O–H groups in total. The summed E-state index contributed by atoms with van der Waals surface area (Å²) >= 11 is 0. The lowest BCUT2D eigenvalue weighted by molar-refractivity contribution is 0.0898. The number of nitrogens with two attached hydrogens (primary N) is 1. The highest BCUT2D eigenvalue weighted by Gasteiger charge is 2.24. The van der Waals surface area contributed by atoms with E-state index in [0.29, 0.717) is 0 Å². The van der Waals surface area contributed by atoms with Gasteiger partial charge in [-0.25, -0.2) is 9.97 Å². The van der Waals surface area contributed by atoms with Gasteiger partial charge in [0.25, 0.3) is 0 Å². The topological polar surface area (TPSA) is 61.0 Å². The standard InChI is InChI=1S/C10H15N3O/c1-7-12-5-8(6-13-7)10(11)9-3-2-4-14-9/h5-6,9-10H,2-4,11H2,1H3/t9-,10-/m0/s1. The Balaban J connectivity index is 2.09. The van der Waals surface area contributed by atoms with E-state index in [1.165, 1.54) is 0 Å². The van der Waals surface area contributed by atoms with Gasteiger partial charge in [0.15, 0.2) is 0 Å². The normalized spacial score (nSPS) is 23.7. The van der Waals surface area contributed by atoms with E-state index in [0.717, 1.165) is 30.8 Å². The summed E-state index contributed by atoms with van der Waals surface area (Å²) in [5.74, 6) is 0.772. The third-order valence-corrected chi connectivity index (χ3v) is 2.55. The minimum absolute atomic E-state index is 0.0851. The number of rotatable bonds is 2. The van der Waals surface area contributed by atoms with Crippen LogP contribution in [0.1, 0.15) is 30.3 Å². The predicted molar refractivity (Wildman–Crippen MR) is 52.7 cm³/mol. The molecule has 0 unspecified atom stereocenters. The summed E-state index contributed by atoms with van der Waals surface area (Å²) in [6.45, 7) is 2.69. The van der Waals surface area contributed by atoms with Crippen LogP contribution < -0.4 is 5.73 Å². The molecule has 0 amide bonds. The molecule has 0 saturated carbocycles. The van der Waals surface area contributed by atoms with E-state index in [4.69, 9.17) is 10.5 Å². The molecule has 1 aliphatic rings. The highest BCUT2D eigenvalue weighted by atomic mass is 16.5. The van der Waals surface area contributed by atoms with Crippen molar-refractivity contribution in [2.75, 3.05) is 6.61 Å². The number of hydrogen-bond acceptors (Lipinski definition) is 4. The van der Waals surface area contributed by atoms with Crippen LogP contribution in [0.25, 0.3) is 0 Å². The van der Waals surface area contributed by atoms with Gasteiger partial charge < -0.3 is 10.5 Å². The zero-order valence-electron chi connectivity index (χ0n) is 8.31. The van der Waals surface area contributed by atoms with Crippen molar-refractivity contribution in [2.45, 2.75) is 31.9 Å². The molecular weight excluding hydrogens is 178 g/mol. The quantitative estimate of drug-likeness (QED) is 0.760. The maximum Gasteiger partial charge on any atom is 0.125 e. The van der Waals surface area contributed by atoms with Gasteiger partial charge in [-0.3, -0.25) is 0 Å². The van der Waals surface area contributed by atoms with E-state index in [9.17, 15) is 0 Å². The lowest BCUT2D eigenvalue weighted by Gasteiger charge is -2.17. The average molecular weight is 193 g/mol. The first-order valence-electron chi connectivity index (χ1n) is 4.93. The van der Waals surface area contributed by atoms with Crippen LogP contribution in [0.3, 0.4) is 0 Å². The number of nitrogens with zero attached hydrogens (tertiary/aromatic N) is 2. The second-order valence-electron chi connectivity index (χ2n) is 3.64. The number of aryl methyl sites for hydroxylation is 1. The van der Waals surface area contributed by atoms with Crippen molar-refractivity contribution in [3.05, 3.63) is 23.8 Å². The van der Waals surface area contributed by atoms with E-state index < -0.39 is 0 Å². The van der Waals surface area contributed by atoms with Crippen molar-refractivity contribution in [3.63, 3.8) is 0 Å². The summed E-state index contributed by atoms with van der Waals surface area (Å²) in [5.41, 5.74) is 7.01. The molecule has 0 bridgehead atoms. The maximum atomic E-state index is 6.05. The molecule has 2 atom stereocenters. The lowest BCUT2D eigenvalue weighted by Crippen LogP contribution is -2.25. The molecule has 1 fully saturated rings. The molecule has 1 saturated heterocycles. The van der Waals surface area contributed by atoms with Gasteiger partial charge in [-0.2, -0.15) is 0 Å². The Hall–Kier alpha value is -1.00. The van der Waals surface area contributed by atoms with E-state index in [1.807, 2.05) is 6.92 Å². The SMILES string of the molecule is Cc1ncc([C@H](N)[C@@H]2CCCO2)cn1. The van der Waals surface area contributed by atoms with Crippen LogP contribution in [-0.4, -0.2) is 22.7 Å². The summed E-state index contributed by atoms with van der Waals surface area (Å²) < 4.78 is 5.52. The highest BCUT2D eigenvalue weighted by molar-refractivity contribution is 5.12. The summed E-state index contributed by atoms with van der Waals surface area (Å²) in [7, 11) is 0. The smallest absolute Gasteiger partial charge is 0.125 e. The maximum absolute atomic E-state index is 6.05. The Morgan fingerprint density at radius 3 is 2.79 bits per heavy atom. The molecule has 0 aliphatic carbocycles. The first-order chi connectivity index (χ1) is 6.77. The fourth-order valence-corrected chi connectivity index (χ4v) is 1.68. The van der Waals surface area contributed by atoms with Gasteiger partial charge in [-0.1, -0.05) is 0 Å². The van der Waals surface area contributed by atoms with Crippen LogP contribution in [0.5, 0.6) is 0 Å². The zero-order chi connectivity index (χ0) is 9.97. The van der Waals surface area contributed by atoms with E-state index in [-0.39, 0.29) is 12.1 Å². The number of hydrogen-bond donors (Lipinski definition) is 1. The van der Waals surface area contributed by atoms with E-state index in [1.54, 1.807) is 12.4 Å². The molecule has 0 spiro atoms. The third kappa shape index (κ3) is 1.91. The molecule has 4 heteroatoms. The molecule has 0 aromatic carbocycles. The molecule has 76 valence electrons. The molecule has 2 rings (SSSR count). The Bertz CT molecular complexity index is 293. The van der Waals surface area contributed by atoms with E-state index >= 15 is 0 Å². The largest absolute Gasteiger partial charge is 0.376 e. The monoisotopic (exact) mass is 193 g/mol. The summed E-state index contributed by atoms with van der Waals surface area (Å²) in [6.07, 6.45) is 5.85. The Morgan fingerprint density at radius 2 is 2.21 bits per heavy atom. The van der Waals surface area contributed by atoms with Crippen LogP contribution in [0.15, 0.2) is 12.4 Å².